The summed E-state index contributed by atoms with van der Waals surface area (Å²) in [7, 11) is 0. The van der Waals surface area contributed by atoms with Crippen molar-refractivity contribution < 1.29 is 32.3 Å². The molecule has 1 aromatic carbocycles. The van der Waals surface area contributed by atoms with Crippen molar-refractivity contribution in [2.45, 2.75) is 12.8 Å². The van der Waals surface area contributed by atoms with Crippen molar-refractivity contribution in [2.75, 3.05) is 31.1 Å². The fourth-order valence-corrected chi connectivity index (χ4v) is 4.27. The lowest BCUT2D eigenvalue weighted by Gasteiger charge is -2.34. The van der Waals surface area contributed by atoms with E-state index in [0.717, 1.165) is 16.6 Å². The molecule has 0 atom stereocenters. The summed E-state index contributed by atoms with van der Waals surface area (Å²) < 4.78 is 44.3. The van der Waals surface area contributed by atoms with E-state index in [2.05, 4.69) is 9.99 Å². The molecule has 0 radical (unpaired) electrons. The zero-order valence-corrected chi connectivity index (χ0v) is 17.5. The fraction of sp³-hybridized carbons (Fsp3) is 0.286. The molecular formula is C21H18F3N3O4S. The highest BCUT2D eigenvalue weighted by atomic mass is 32.1. The van der Waals surface area contributed by atoms with Gasteiger partial charge in [0.05, 0.1) is 10.6 Å². The third kappa shape index (κ3) is 4.93. The van der Waals surface area contributed by atoms with E-state index in [-0.39, 0.29) is 12.7 Å². The number of ether oxygens (including phenoxy) is 1. The average molecular weight is 465 g/mol. The number of thiophene rings is 1. The molecule has 1 fully saturated rings. The van der Waals surface area contributed by atoms with Gasteiger partial charge in [0.15, 0.2) is 5.71 Å². The molecule has 0 saturated carbocycles. The first-order valence-electron chi connectivity index (χ1n) is 9.70. The topological polar surface area (TPSA) is 71.4 Å². The smallest absolute Gasteiger partial charge is 0.437 e. The Labute approximate surface area is 185 Å². The van der Waals surface area contributed by atoms with E-state index in [0.29, 0.717) is 31.1 Å². The molecule has 0 bridgehead atoms. The van der Waals surface area contributed by atoms with E-state index < -0.39 is 23.4 Å². The summed E-state index contributed by atoms with van der Waals surface area (Å²) >= 11 is 1.24. The van der Waals surface area contributed by atoms with Gasteiger partial charge in [-0.15, -0.1) is 11.3 Å². The Morgan fingerprint density at radius 2 is 1.84 bits per heavy atom. The van der Waals surface area contributed by atoms with Gasteiger partial charge in [-0.2, -0.15) is 13.2 Å². The van der Waals surface area contributed by atoms with Crippen molar-refractivity contribution >= 4 is 40.2 Å². The molecule has 11 heteroatoms. The van der Waals surface area contributed by atoms with Crippen molar-refractivity contribution in [1.82, 2.24) is 4.90 Å². The van der Waals surface area contributed by atoms with Gasteiger partial charge in [0.25, 0.3) is 0 Å². The van der Waals surface area contributed by atoms with Crippen LogP contribution in [0.15, 0.2) is 53.2 Å². The number of nitrogens with zero attached hydrogens (tertiary/aromatic N) is 3. The Hall–Kier alpha value is -3.34. The van der Waals surface area contributed by atoms with Gasteiger partial charge in [-0.1, -0.05) is 35.5 Å². The molecule has 4 rings (SSSR count). The number of carbonyl (C=O) groups is 2. The highest BCUT2D eigenvalue weighted by Crippen LogP contribution is 2.32. The predicted octanol–water partition coefficient (Wildman–Crippen LogP) is 4.07. The van der Waals surface area contributed by atoms with E-state index in [1.54, 1.807) is 17.0 Å². The van der Waals surface area contributed by atoms with Crippen LogP contribution < -0.4 is 4.90 Å². The second kappa shape index (κ2) is 9.03. The minimum absolute atomic E-state index is 0.203. The zero-order chi connectivity index (χ0) is 22.7. The minimum Gasteiger partial charge on any atom is -0.445 e. The molecule has 2 aromatic rings. The molecule has 0 unspecified atom stereocenters. The lowest BCUT2D eigenvalue weighted by Crippen LogP contribution is -2.48. The van der Waals surface area contributed by atoms with Crippen LogP contribution in [-0.4, -0.2) is 55.0 Å². The first-order valence-corrected chi connectivity index (χ1v) is 10.5. The van der Waals surface area contributed by atoms with E-state index in [9.17, 15) is 22.8 Å². The number of carbonyl (C=O) groups excluding carboxylic acids is 2. The van der Waals surface area contributed by atoms with Crippen molar-refractivity contribution in [2.24, 2.45) is 5.16 Å². The summed E-state index contributed by atoms with van der Waals surface area (Å²) in [6.07, 6.45) is -4.03. The number of anilines is 1. The van der Waals surface area contributed by atoms with Crippen molar-refractivity contribution in [3.8, 4) is 0 Å². The summed E-state index contributed by atoms with van der Waals surface area (Å²) in [4.78, 5) is 32.2. The number of hydrogen-bond acceptors (Lipinski definition) is 7. The van der Waals surface area contributed by atoms with Crippen LogP contribution in [0.5, 0.6) is 0 Å². The molecule has 32 heavy (non-hydrogen) atoms. The summed E-state index contributed by atoms with van der Waals surface area (Å²) in [6.45, 7) is 2.22. The second-order valence-corrected chi connectivity index (χ2v) is 8.16. The number of piperazine rings is 1. The summed E-state index contributed by atoms with van der Waals surface area (Å²) in [6, 6.07) is 12.8. The van der Waals surface area contributed by atoms with Crippen molar-refractivity contribution in [3.63, 3.8) is 0 Å². The first kappa shape index (κ1) is 21.9. The van der Waals surface area contributed by atoms with Gasteiger partial charge in [0, 0.05) is 31.1 Å². The Balaban J connectivity index is 1.34. The van der Waals surface area contributed by atoms with Crippen LogP contribution >= 0.6 is 11.3 Å². The Bertz CT molecular complexity index is 1060. The third-order valence-electron chi connectivity index (χ3n) is 4.92. The number of halogens is 3. The maximum atomic E-state index is 13.0. The molecule has 1 aromatic heterocycles. The van der Waals surface area contributed by atoms with Crippen LogP contribution in [0, 0.1) is 0 Å². The van der Waals surface area contributed by atoms with Crippen LogP contribution in [0.1, 0.15) is 10.4 Å². The van der Waals surface area contributed by atoms with Gasteiger partial charge in [0.2, 0.25) is 0 Å². The van der Waals surface area contributed by atoms with Gasteiger partial charge in [-0.25, -0.2) is 9.59 Å². The van der Waals surface area contributed by atoms with Gasteiger partial charge in [-0.3, -0.25) is 0 Å². The van der Waals surface area contributed by atoms with Gasteiger partial charge in [-0.05, 0) is 23.8 Å². The maximum absolute atomic E-state index is 13.0. The van der Waals surface area contributed by atoms with Crippen LogP contribution in [-0.2, 0) is 21.0 Å². The van der Waals surface area contributed by atoms with E-state index >= 15 is 0 Å². The minimum atomic E-state index is -4.77. The summed E-state index contributed by atoms with van der Waals surface area (Å²) in [5.74, 6) is -1.13. The molecule has 2 aliphatic rings. The highest BCUT2D eigenvalue weighted by Gasteiger charge is 2.45. The standard InChI is InChI=1S/C21H18F3N3O4S/c22-21(23,24)18-16(19(28)31-25-18)12-15-6-7-17(32-15)26-8-10-27(11-9-26)20(29)30-13-14-4-2-1-3-5-14/h1-7,12H,8-11,13H2. The Morgan fingerprint density at radius 3 is 2.53 bits per heavy atom. The number of alkyl halides is 3. The Kier molecular flexibility index (Phi) is 6.17. The van der Waals surface area contributed by atoms with Crippen LogP contribution in [0.25, 0.3) is 6.08 Å². The first-order chi connectivity index (χ1) is 15.3. The monoisotopic (exact) mass is 465 g/mol. The van der Waals surface area contributed by atoms with Crippen molar-refractivity contribution in [3.05, 3.63) is 58.5 Å². The van der Waals surface area contributed by atoms with Crippen LogP contribution in [0.4, 0.5) is 23.0 Å². The zero-order valence-electron chi connectivity index (χ0n) is 16.7. The lowest BCUT2D eigenvalue weighted by atomic mass is 10.1. The Morgan fingerprint density at radius 1 is 1.12 bits per heavy atom. The quantitative estimate of drug-likeness (QED) is 0.503. The maximum Gasteiger partial charge on any atom is 0.437 e. The number of oxime groups is 1. The molecule has 0 aliphatic carbocycles. The number of benzene rings is 1. The van der Waals surface area contributed by atoms with E-state index in [1.165, 1.54) is 11.3 Å². The van der Waals surface area contributed by atoms with Gasteiger partial charge in [0.1, 0.15) is 6.61 Å². The molecule has 168 valence electrons. The fourth-order valence-electron chi connectivity index (χ4n) is 3.27. The SMILES string of the molecule is O=C1ON=C(C(F)(F)F)C1=Cc1ccc(N2CCN(C(=O)OCc3ccccc3)CC2)s1. The largest absolute Gasteiger partial charge is 0.445 e. The molecule has 3 heterocycles. The number of hydrogen-bond donors (Lipinski definition) is 0. The average Bonchev–Trinajstić information content (AvgIpc) is 3.40. The molecule has 0 spiro atoms. The van der Waals surface area contributed by atoms with Gasteiger partial charge >= 0.3 is 18.2 Å². The summed E-state index contributed by atoms with van der Waals surface area (Å²) in [5.41, 5.74) is -1.04. The van der Waals surface area contributed by atoms with Crippen LogP contribution in [0.3, 0.4) is 0 Å². The third-order valence-corrected chi connectivity index (χ3v) is 6.01. The van der Waals surface area contributed by atoms with E-state index in [1.807, 2.05) is 35.2 Å². The molecule has 2 aliphatic heterocycles. The number of amides is 1. The molecular weight excluding hydrogens is 447 g/mol. The summed E-state index contributed by atoms with van der Waals surface area (Å²) in [5, 5.41) is 3.67. The molecule has 1 saturated heterocycles. The van der Waals surface area contributed by atoms with E-state index in [4.69, 9.17) is 4.74 Å². The van der Waals surface area contributed by atoms with Crippen molar-refractivity contribution in [1.29, 1.82) is 0 Å². The van der Waals surface area contributed by atoms with Crippen LogP contribution in [0.2, 0.25) is 0 Å². The molecule has 1 amide bonds. The number of rotatable bonds is 4. The second-order valence-electron chi connectivity index (χ2n) is 7.06. The molecule has 0 N–H and O–H groups in total. The normalized spacial score (nSPS) is 18.0. The predicted molar refractivity (Wildman–Crippen MR) is 112 cm³/mol. The molecule has 7 nitrogen and oxygen atoms in total. The lowest BCUT2D eigenvalue weighted by molar-refractivity contribution is -0.136. The highest BCUT2D eigenvalue weighted by molar-refractivity contribution is 7.17. The van der Waals surface area contributed by atoms with Gasteiger partial charge < -0.3 is 19.4 Å².